The lowest BCUT2D eigenvalue weighted by atomic mass is 10.0. The molecule has 10 nitrogen and oxygen atoms in total. The first-order valence-electron chi connectivity index (χ1n) is 16.1. The van der Waals surface area contributed by atoms with Gasteiger partial charge in [0.25, 0.3) is 5.91 Å². The van der Waals surface area contributed by atoms with Crippen LogP contribution < -0.4 is 15.8 Å². The van der Waals surface area contributed by atoms with Crippen molar-refractivity contribution in [3.63, 3.8) is 0 Å². The van der Waals surface area contributed by atoms with Gasteiger partial charge < -0.3 is 29.2 Å². The second kappa shape index (κ2) is 11.1. The largest absolute Gasteiger partial charge is 0.494 e. The molecule has 1 aliphatic heterocycles. The first-order valence-corrected chi connectivity index (χ1v) is 16.1. The maximum Gasteiger partial charge on any atom is 0.411 e. The zero-order valence-electron chi connectivity index (χ0n) is 26.6. The zero-order valence-corrected chi connectivity index (χ0v) is 26.6. The fourth-order valence-electron chi connectivity index (χ4n) is 7.60. The number of nitrogens with two attached hydrogens (primary N) is 1. The van der Waals surface area contributed by atoms with Crippen LogP contribution in [0.2, 0.25) is 0 Å². The number of methoxy groups -OCH3 is 2. The van der Waals surface area contributed by atoms with E-state index in [2.05, 4.69) is 26.8 Å². The van der Waals surface area contributed by atoms with Crippen molar-refractivity contribution in [3.8, 4) is 28.4 Å². The Morgan fingerprint density at radius 2 is 1.81 bits per heavy atom. The zero-order chi connectivity index (χ0) is 32.6. The summed E-state index contributed by atoms with van der Waals surface area (Å²) in [4.78, 5) is 32.4. The van der Waals surface area contributed by atoms with Crippen molar-refractivity contribution in [2.75, 3.05) is 26.1 Å². The number of aromatic nitrogens is 3. The normalized spacial score (nSPS) is 20.4. The van der Waals surface area contributed by atoms with E-state index in [0.29, 0.717) is 40.8 Å². The van der Waals surface area contributed by atoms with Crippen molar-refractivity contribution in [1.29, 1.82) is 0 Å². The van der Waals surface area contributed by atoms with E-state index in [0.717, 1.165) is 52.9 Å². The third-order valence-corrected chi connectivity index (χ3v) is 10.3. The summed E-state index contributed by atoms with van der Waals surface area (Å²) in [6.45, 7) is 1.53. The number of nitrogens with one attached hydrogen (secondary N) is 1. The molecule has 2 bridgehead atoms. The molecule has 11 heteroatoms. The number of piperidine rings is 1. The Morgan fingerprint density at radius 3 is 2.49 bits per heavy atom. The molecule has 2 unspecified atom stereocenters. The number of rotatable bonds is 7. The van der Waals surface area contributed by atoms with Gasteiger partial charge in [0.15, 0.2) is 5.82 Å². The summed E-state index contributed by atoms with van der Waals surface area (Å²) in [5.41, 5.74) is 12.1. The van der Waals surface area contributed by atoms with Crippen LogP contribution in [0.25, 0.3) is 44.6 Å². The highest BCUT2D eigenvalue weighted by molar-refractivity contribution is 6.01. The molecule has 2 saturated carbocycles. The van der Waals surface area contributed by atoms with E-state index in [-0.39, 0.29) is 23.7 Å². The number of benzene rings is 3. The molecule has 5 aromatic rings. The average molecular weight is 637 g/mol. The minimum absolute atomic E-state index is 0.0269. The van der Waals surface area contributed by atoms with Gasteiger partial charge in [-0.2, -0.15) is 0 Å². The summed E-state index contributed by atoms with van der Waals surface area (Å²) < 4.78 is 29.7. The Kier molecular flexibility index (Phi) is 6.98. The maximum atomic E-state index is 14.9. The molecule has 2 aliphatic carbocycles. The van der Waals surface area contributed by atoms with Gasteiger partial charge in [0, 0.05) is 48.7 Å². The molecule has 3 N–H and O–H groups in total. The number of imidazole rings is 1. The lowest BCUT2D eigenvalue weighted by Gasteiger charge is -2.27. The molecule has 47 heavy (non-hydrogen) atoms. The minimum atomic E-state index is -0.728. The number of anilines is 1. The Labute approximate surface area is 271 Å². The second-order valence-electron chi connectivity index (χ2n) is 13.1. The lowest BCUT2D eigenvalue weighted by Crippen LogP contribution is -2.41. The van der Waals surface area contributed by atoms with Crippen LogP contribution in [0.4, 0.5) is 14.9 Å². The fraction of sp³-hybridized carbons (Fsp3) is 0.361. The third-order valence-electron chi connectivity index (χ3n) is 10.3. The number of carbonyl (C=O) groups excluding carboxylic acids is 2. The summed E-state index contributed by atoms with van der Waals surface area (Å²) in [5.74, 6) is 1.74. The number of halogens is 1. The number of nitrogens with zero attached hydrogens (tertiary/aromatic N) is 4. The van der Waals surface area contributed by atoms with E-state index in [1.807, 2.05) is 40.8 Å². The molecule has 8 rings (SSSR count). The molecule has 3 heterocycles. The Balaban J connectivity index is 1.20. The quantitative estimate of drug-likeness (QED) is 0.221. The summed E-state index contributed by atoms with van der Waals surface area (Å²) in [5, 5.41) is 3.44. The number of hydrogen-bond donors (Lipinski definition) is 2. The van der Waals surface area contributed by atoms with Gasteiger partial charge >= 0.3 is 6.09 Å². The SMILES string of the molecule is COC(=O)Nc1ccc(-c2ccc3cc(-c4nc5cc(C(=O)N6CC7CCC6[C@@H]7N)cc(OC)c5n4C)n(CC4CC4)c3c2)cc1F. The standard InChI is InChI=1S/C36H37FN6O4/c1-41-33-27(13-24(16-31(33)46-2)35(44)43-18-23-9-11-28(43)32(23)38)39-34(41)30-15-22-7-6-21(14-29(22)42(30)17-19-4-5-19)20-8-10-26(25(37)12-20)40-36(45)47-3/h6-8,10,12-16,19,23,28,32H,4-5,9,11,17-18,38H2,1-3H3,(H,40,45)/t23?,28?,32-/m1/s1. The lowest BCUT2D eigenvalue weighted by molar-refractivity contribution is 0.0700. The van der Waals surface area contributed by atoms with Crippen molar-refractivity contribution in [3.05, 3.63) is 66.0 Å². The summed E-state index contributed by atoms with van der Waals surface area (Å²) in [7, 11) is 4.83. The number of fused-ring (bicyclic) bond motifs is 4. The predicted molar refractivity (Wildman–Crippen MR) is 178 cm³/mol. The van der Waals surface area contributed by atoms with Crippen LogP contribution in [0, 0.1) is 17.7 Å². The van der Waals surface area contributed by atoms with Crippen LogP contribution in [0.15, 0.2) is 54.6 Å². The molecule has 0 spiro atoms. The van der Waals surface area contributed by atoms with Crippen molar-refractivity contribution in [2.24, 2.45) is 24.6 Å². The van der Waals surface area contributed by atoms with Gasteiger partial charge in [-0.1, -0.05) is 18.2 Å². The molecule has 1 saturated heterocycles. The van der Waals surface area contributed by atoms with Gasteiger partial charge in [0.1, 0.15) is 17.1 Å². The van der Waals surface area contributed by atoms with Crippen LogP contribution in [0.5, 0.6) is 5.75 Å². The Morgan fingerprint density at radius 1 is 1.02 bits per heavy atom. The minimum Gasteiger partial charge on any atom is -0.494 e. The van der Waals surface area contributed by atoms with E-state index >= 15 is 0 Å². The first-order chi connectivity index (χ1) is 22.7. The number of likely N-dealkylation sites (tertiary alicyclic amines) is 1. The topological polar surface area (TPSA) is 117 Å². The van der Waals surface area contributed by atoms with Crippen LogP contribution in [-0.2, 0) is 18.3 Å². The molecule has 3 fully saturated rings. The van der Waals surface area contributed by atoms with Gasteiger partial charge in [0.2, 0.25) is 0 Å². The van der Waals surface area contributed by atoms with Crippen molar-refractivity contribution >= 4 is 39.6 Å². The average Bonchev–Trinajstić information content (AvgIpc) is 3.48. The number of ether oxygens (including phenoxy) is 2. The molecule has 2 aromatic heterocycles. The van der Waals surface area contributed by atoms with E-state index < -0.39 is 11.9 Å². The van der Waals surface area contributed by atoms with Crippen LogP contribution in [-0.4, -0.2) is 63.9 Å². The van der Waals surface area contributed by atoms with Gasteiger partial charge in [-0.15, -0.1) is 0 Å². The van der Waals surface area contributed by atoms with Gasteiger partial charge in [0.05, 0.1) is 31.1 Å². The summed E-state index contributed by atoms with van der Waals surface area (Å²) >= 11 is 0. The molecule has 3 atom stereocenters. The van der Waals surface area contributed by atoms with Crippen molar-refractivity contribution < 1.29 is 23.5 Å². The second-order valence-corrected chi connectivity index (χ2v) is 13.1. The summed E-state index contributed by atoms with van der Waals surface area (Å²) in [6.07, 6.45) is 3.64. The fourth-order valence-corrected chi connectivity index (χ4v) is 7.60. The van der Waals surface area contributed by atoms with Crippen LogP contribution in [0.3, 0.4) is 0 Å². The number of hydrogen-bond acceptors (Lipinski definition) is 6. The highest BCUT2D eigenvalue weighted by Crippen LogP contribution is 2.41. The van der Waals surface area contributed by atoms with Crippen molar-refractivity contribution in [2.45, 2.75) is 44.3 Å². The van der Waals surface area contributed by atoms with E-state index in [1.54, 1.807) is 13.2 Å². The number of aryl methyl sites for hydroxylation is 1. The Hall–Kier alpha value is -4.90. The number of carbonyl (C=O) groups is 2. The molecular weight excluding hydrogens is 599 g/mol. The van der Waals surface area contributed by atoms with Crippen LogP contribution >= 0.6 is 0 Å². The Bertz CT molecular complexity index is 2080. The highest BCUT2D eigenvalue weighted by atomic mass is 19.1. The summed E-state index contributed by atoms with van der Waals surface area (Å²) in [6, 6.07) is 16.8. The van der Waals surface area contributed by atoms with E-state index in [4.69, 9.17) is 15.5 Å². The predicted octanol–water partition coefficient (Wildman–Crippen LogP) is 6.16. The molecule has 3 aliphatic rings. The van der Waals surface area contributed by atoms with Crippen molar-refractivity contribution in [1.82, 2.24) is 19.0 Å². The van der Waals surface area contributed by atoms with Gasteiger partial charge in [-0.3, -0.25) is 10.1 Å². The molecule has 2 amide bonds. The highest BCUT2D eigenvalue weighted by Gasteiger charge is 2.47. The molecule has 0 radical (unpaired) electrons. The third kappa shape index (κ3) is 4.91. The molecule has 3 aromatic carbocycles. The maximum absolute atomic E-state index is 14.9. The van der Waals surface area contributed by atoms with Crippen LogP contribution in [0.1, 0.15) is 36.0 Å². The van der Waals surface area contributed by atoms with Gasteiger partial charge in [-0.05, 0) is 85.0 Å². The molecular formula is C36H37FN6O4. The van der Waals surface area contributed by atoms with E-state index in [9.17, 15) is 14.0 Å². The smallest absolute Gasteiger partial charge is 0.411 e. The van der Waals surface area contributed by atoms with E-state index in [1.165, 1.54) is 32.1 Å². The first kappa shape index (κ1) is 29.5. The van der Waals surface area contributed by atoms with Gasteiger partial charge in [-0.25, -0.2) is 14.2 Å². The number of amides is 2. The molecule has 242 valence electrons. The monoisotopic (exact) mass is 636 g/mol.